The van der Waals surface area contributed by atoms with Crippen LogP contribution in [0.5, 0.6) is 0 Å². The van der Waals surface area contributed by atoms with Crippen molar-refractivity contribution >= 4 is 21.6 Å². The molecule has 0 bridgehead atoms. The van der Waals surface area contributed by atoms with Crippen molar-refractivity contribution in [2.45, 2.75) is 30.2 Å². The Labute approximate surface area is 119 Å². The standard InChI is InChI=1S/C13H18ClNO3S/c1-13(2)10-15(7-8-18-13)19(16,17)12-6-4-3-5-11(12)9-14/h3-6H,7-10H2,1-2H3. The van der Waals surface area contributed by atoms with Crippen molar-refractivity contribution in [2.75, 3.05) is 19.7 Å². The zero-order valence-electron chi connectivity index (χ0n) is 11.1. The third-order valence-electron chi connectivity index (χ3n) is 3.13. The van der Waals surface area contributed by atoms with Crippen molar-refractivity contribution in [1.29, 1.82) is 0 Å². The quantitative estimate of drug-likeness (QED) is 0.805. The maximum absolute atomic E-state index is 12.7. The third-order valence-corrected chi connectivity index (χ3v) is 5.36. The van der Waals surface area contributed by atoms with Gasteiger partial charge in [-0.15, -0.1) is 11.6 Å². The minimum absolute atomic E-state index is 0.184. The first-order chi connectivity index (χ1) is 8.87. The monoisotopic (exact) mass is 303 g/mol. The molecule has 1 heterocycles. The van der Waals surface area contributed by atoms with Crippen molar-refractivity contribution in [3.8, 4) is 0 Å². The molecule has 1 aliphatic heterocycles. The van der Waals surface area contributed by atoms with Gasteiger partial charge in [0, 0.05) is 19.0 Å². The molecule has 1 aromatic rings. The first kappa shape index (κ1) is 14.8. The van der Waals surface area contributed by atoms with E-state index in [0.717, 1.165) is 0 Å². The van der Waals surface area contributed by atoms with Crippen molar-refractivity contribution < 1.29 is 13.2 Å². The molecule has 4 nitrogen and oxygen atoms in total. The number of morpholine rings is 1. The summed E-state index contributed by atoms with van der Waals surface area (Å²) in [7, 11) is -3.51. The second-order valence-corrected chi connectivity index (χ2v) is 7.36. The minimum atomic E-state index is -3.51. The Morgan fingerprint density at radius 1 is 1.37 bits per heavy atom. The summed E-state index contributed by atoms with van der Waals surface area (Å²) in [5.41, 5.74) is 0.176. The smallest absolute Gasteiger partial charge is 0.243 e. The zero-order chi connectivity index (χ0) is 14.1. The van der Waals surface area contributed by atoms with Crippen molar-refractivity contribution in [1.82, 2.24) is 4.31 Å². The van der Waals surface area contributed by atoms with Gasteiger partial charge in [0.15, 0.2) is 0 Å². The van der Waals surface area contributed by atoms with Gasteiger partial charge in [-0.1, -0.05) is 18.2 Å². The van der Waals surface area contributed by atoms with Gasteiger partial charge in [0.05, 0.1) is 17.1 Å². The molecule has 0 saturated carbocycles. The first-order valence-electron chi connectivity index (χ1n) is 6.15. The molecule has 106 valence electrons. The van der Waals surface area contributed by atoms with Crippen LogP contribution in [0.2, 0.25) is 0 Å². The average molecular weight is 304 g/mol. The molecular weight excluding hydrogens is 286 g/mol. The number of rotatable bonds is 3. The molecule has 19 heavy (non-hydrogen) atoms. The lowest BCUT2D eigenvalue weighted by Crippen LogP contribution is -2.50. The number of nitrogens with zero attached hydrogens (tertiary/aromatic N) is 1. The number of benzene rings is 1. The van der Waals surface area contributed by atoms with Crippen LogP contribution in [0.1, 0.15) is 19.4 Å². The van der Waals surface area contributed by atoms with Gasteiger partial charge < -0.3 is 4.74 Å². The summed E-state index contributed by atoms with van der Waals surface area (Å²) >= 11 is 5.83. The summed E-state index contributed by atoms with van der Waals surface area (Å²) in [6.07, 6.45) is 0. The van der Waals surface area contributed by atoms with Crippen LogP contribution in [0, 0.1) is 0 Å². The Bertz CT molecular complexity index is 557. The molecule has 0 amide bonds. The molecule has 2 rings (SSSR count). The first-order valence-corrected chi connectivity index (χ1v) is 8.12. The molecule has 0 unspecified atom stereocenters. The molecule has 0 N–H and O–H groups in total. The summed E-state index contributed by atoms with van der Waals surface area (Å²) in [5.74, 6) is 0.184. The van der Waals surface area contributed by atoms with Crippen LogP contribution in [0.3, 0.4) is 0 Å². The van der Waals surface area contributed by atoms with Crippen LogP contribution >= 0.6 is 11.6 Å². The fraction of sp³-hybridized carbons (Fsp3) is 0.538. The molecule has 1 saturated heterocycles. The van der Waals surface area contributed by atoms with E-state index in [-0.39, 0.29) is 5.88 Å². The van der Waals surface area contributed by atoms with Gasteiger partial charge in [-0.3, -0.25) is 0 Å². The van der Waals surface area contributed by atoms with Gasteiger partial charge in [0.1, 0.15) is 0 Å². The van der Waals surface area contributed by atoms with E-state index in [1.165, 1.54) is 4.31 Å². The average Bonchev–Trinajstić information content (AvgIpc) is 2.37. The van der Waals surface area contributed by atoms with E-state index in [2.05, 4.69) is 0 Å². The maximum atomic E-state index is 12.7. The van der Waals surface area contributed by atoms with Gasteiger partial charge in [-0.25, -0.2) is 8.42 Å². The highest BCUT2D eigenvalue weighted by Gasteiger charge is 2.35. The van der Waals surface area contributed by atoms with Crippen LogP contribution in [-0.4, -0.2) is 38.0 Å². The molecular formula is C13H18ClNO3S. The Morgan fingerprint density at radius 3 is 2.68 bits per heavy atom. The number of halogens is 1. The van der Waals surface area contributed by atoms with Gasteiger partial charge >= 0.3 is 0 Å². The molecule has 1 fully saturated rings. The lowest BCUT2D eigenvalue weighted by atomic mass is 10.1. The Morgan fingerprint density at radius 2 is 2.05 bits per heavy atom. The molecule has 0 aromatic heterocycles. The SMILES string of the molecule is CC1(C)CN(S(=O)(=O)c2ccccc2CCl)CCO1. The van der Waals surface area contributed by atoms with Gasteiger partial charge in [-0.2, -0.15) is 4.31 Å². The van der Waals surface area contributed by atoms with Crippen LogP contribution in [0.4, 0.5) is 0 Å². The summed E-state index contributed by atoms with van der Waals surface area (Å²) in [6, 6.07) is 6.86. The third kappa shape index (κ3) is 3.11. The Balaban J connectivity index is 2.37. The summed E-state index contributed by atoms with van der Waals surface area (Å²) < 4.78 is 32.4. The predicted molar refractivity (Wildman–Crippen MR) is 74.8 cm³/mol. The van der Waals surface area contributed by atoms with Crippen molar-refractivity contribution in [2.24, 2.45) is 0 Å². The number of hydrogen-bond donors (Lipinski definition) is 0. The minimum Gasteiger partial charge on any atom is -0.373 e. The highest BCUT2D eigenvalue weighted by atomic mass is 35.5. The summed E-state index contributed by atoms with van der Waals surface area (Å²) in [5, 5.41) is 0. The largest absolute Gasteiger partial charge is 0.373 e. The summed E-state index contributed by atoms with van der Waals surface area (Å²) in [6.45, 7) is 4.92. The highest BCUT2D eigenvalue weighted by Crippen LogP contribution is 2.26. The number of alkyl halides is 1. The molecule has 6 heteroatoms. The van der Waals surface area contributed by atoms with E-state index in [0.29, 0.717) is 30.2 Å². The van der Waals surface area contributed by atoms with Crippen molar-refractivity contribution in [3.05, 3.63) is 29.8 Å². The maximum Gasteiger partial charge on any atom is 0.243 e. The second-order valence-electron chi connectivity index (χ2n) is 5.19. The van der Waals surface area contributed by atoms with Crippen LogP contribution < -0.4 is 0 Å². The normalized spacial score (nSPS) is 20.4. The molecule has 0 atom stereocenters. The topological polar surface area (TPSA) is 46.6 Å². The molecule has 1 aromatic carbocycles. The lowest BCUT2D eigenvalue weighted by Gasteiger charge is -2.37. The number of hydrogen-bond acceptors (Lipinski definition) is 3. The number of ether oxygens (including phenoxy) is 1. The van der Waals surface area contributed by atoms with E-state index in [1.807, 2.05) is 13.8 Å². The van der Waals surface area contributed by atoms with E-state index in [9.17, 15) is 8.42 Å². The predicted octanol–water partition coefficient (Wildman–Crippen LogP) is 2.22. The van der Waals surface area contributed by atoms with Crippen LogP contribution in [0.15, 0.2) is 29.2 Å². The van der Waals surface area contributed by atoms with E-state index < -0.39 is 15.6 Å². The molecule has 0 spiro atoms. The van der Waals surface area contributed by atoms with E-state index in [1.54, 1.807) is 24.3 Å². The van der Waals surface area contributed by atoms with Gasteiger partial charge in [0.2, 0.25) is 10.0 Å². The Kier molecular flexibility index (Phi) is 4.20. The molecule has 0 aliphatic carbocycles. The van der Waals surface area contributed by atoms with E-state index in [4.69, 9.17) is 16.3 Å². The van der Waals surface area contributed by atoms with Gasteiger partial charge in [0.25, 0.3) is 0 Å². The lowest BCUT2D eigenvalue weighted by molar-refractivity contribution is -0.0640. The molecule has 0 radical (unpaired) electrons. The zero-order valence-corrected chi connectivity index (χ0v) is 12.7. The van der Waals surface area contributed by atoms with Gasteiger partial charge in [-0.05, 0) is 25.5 Å². The van der Waals surface area contributed by atoms with Crippen LogP contribution in [-0.2, 0) is 20.6 Å². The fourth-order valence-electron chi connectivity index (χ4n) is 2.18. The fourth-order valence-corrected chi connectivity index (χ4v) is 4.29. The highest BCUT2D eigenvalue weighted by molar-refractivity contribution is 7.89. The number of sulfonamides is 1. The Hall–Kier alpha value is -0.620. The second kappa shape index (κ2) is 5.40. The van der Waals surface area contributed by atoms with Crippen molar-refractivity contribution in [3.63, 3.8) is 0 Å². The van der Waals surface area contributed by atoms with Crippen LogP contribution in [0.25, 0.3) is 0 Å². The summed E-state index contributed by atoms with van der Waals surface area (Å²) in [4.78, 5) is 0.294. The molecule has 1 aliphatic rings. The van der Waals surface area contributed by atoms with E-state index >= 15 is 0 Å².